The van der Waals surface area contributed by atoms with E-state index in [0.29, 0.717) is 23.2 Å². The molecular weight excluding hydrogens is 396 g/mol. The molecule has 0 atom stereocenters. The molecule has 1 aliphatic rings. The van der Waals surface area contributed by atoms with Crippen LogP contribution in [0, 0.1) is 19.8 Å². The summed E-state index contributed by atoms with van der Waals surface area (Å²) in [4.78, 5) is 0. The van der Waals surface area contributed by atoms with Crippen molar-refractivity contribution in [3.63, 3.8) is 0 Å². The number of phenols is 3. The quantitative estimate of drug-likeness (QED) is 0.423. The predicted octanol–water partition coefficient (Wildman–Crippen LogP) is 6.87. The van der Waals surface area contributed by atoms with Gasteiger partial charge < -0.3 is 15.3 Å². The first-order valence-electron chi connectivity index (χ1n) is 11.5. The van der Waals surface area contributed by atoms with Crippen molar-refractivity contribution in [3.05, 3.63) is 88.5 Å². The first-order chi connectivity index (χ1) is 15.1. The summed E-state index contributed by atoms with van der Waals surface area (Å²) in [6.07, 6.45) is 4.17. The molecule has 0 bridgehead atoms. The molecule has 3 nitrogen and oxygen atoms in total. The normalized spacial score (nSPS) is 16.8. The summed E-state index contributed by atoms with van der Waals surface area (Å²) in [5.74, 6) is 1.48. The minimum atomic E-state index is -0.140. The van der Waals surface area contributed by atoms with E-state index in [2.05, 4.69) is 38.1 Å². The third kappa shape index (κ3) is 3.85. The van der Waals surface area contributed by atoms with Crippen molar-refractivity contribution < 1.29 is 15.3 Å². The number of aromatic hydroxyl groups is 3. The Hall–Kier alpha value is -2.94. The van der Waals surface area contributed by atoms with E-state index in [4.69, 9.17) is 0 Å². The molecule has 0 aliphatic heterocycles. The maximum Gasteiger partial charge on any atom is 0.118 e. The van der Waals surface area contributed by atoms with E-state index in [0.717, 1.165) is 36.8 Å². The lowest BCUT2D eigenvalue weighted by Gasteiger charge is -2.46. The Labute approximate surface area is 191 Å². The molecule has 0 radical (unpaired) electrons. The van der Waals surface area contributed by atoms with E-state index in [-0.39, 0.29) is 10.8 Å². The summed E-state index contributed by atoms with van der Waals surface area (Å²) in [5, 5.41) is 29.9. The second-order valence-corrected chi connectivity index (χ2v) is 10.1. The van der Waals surface area contributed by atoms with Gasteiger partial charge in [-0.15, -0.1) is 0 Å². The number of hydrogen-bond acceptors (Lipinski definition) is 3. The van der Waals surface area contributed by atoms with Gasteiger partial charge in [-0.1, -0.05) is 50.2 Å². The lowest BCUT2D eigenvalue weighted by Crippen LogP contribution is -2.39. The standard InChI is InChI=1S/C29H34O3/c1-19-17-23(7-11-26(19)31)29(24-8-12-27(32)20(2)18-24)15-13-22(14-16-29)28(3,4)21-5-9-25(30)10-6-21/h5-12,17-18,22,30-32H,13-16H2,1-4H3. The third-order valence-corrected chi connectivity index (χ3v) is 7.97. The van der Waals surface area contributed by atoms with E-state index < -0.39 is 0 Å². The van der Waals surface area contributed by atoms with Crippen molar-refractivity contribution in [1.29, 1.82) is 0 Å². The van der Waals surface area contributed by atoms with Crippen LogP contribution >= 0.6 is 0 Å². The summed E-state index contributed by atoms with van der Waals surface area (Å²) in [7, 11) is 0. The van der Waals surface area contributed by atoms with Gasteiger partial charge in [-0.05, 0) is 103 Å². The highest BCUT2D eigenvalue weighted by molar-refractivity contribution is 5.48. The van der Waals surface area contributed by atoms with Gasteiger partial charge in [-0.25, -0.2) is 0 Å². The summed E-state index contributed by atoms with van der Waals surface area (Å²) >= 11 is 0. The smallest absolute Gasteiger partial charge is 0.118 e. The Morgan fingerprint density at radius 2 is 1.19 bits per heavy atom. The van der Waals surface area contributed by atoms with E-state index in [1.807, 2.05) is 38.1 Å². The molecule has 0 heterocycles. The Balaban J connectivity index is 1.71. The van der Waals surface area contributed by atoms with Crippen LogP contribution in [0.15, 0.2) is 60.7 Å². The number of hydrogen-bond donors (Lipinski definition) is 3. The van der Waals surface area contributed by atoms with Crippen LogP contribution in [-0.2, 0) is 10.8 Å². The zero-order valence-electron chi connectivity index (χ0n) is 19.5. The molecule has 0 saturated heterocycles. The van der Waals surface area contributed by atoms with Crippen LogP contribution in [0.3, 0.4) is 0 Å². The first-order valence-corrected chi connectivity index (χ1v) is 11.5. The topological polar surface area (TPSA) is 60.7 Å². The van der Waals surface area contributed by atoms with Gasteiger partial charge in [0.05, 0.1) is 0 Å². The fourth-order valence-electron chi connectivity index (χ4n) is 5.61. The van der Waals surface area contributed by atoms with Gasteiger partial charge >= 0.3 is 0 Å². The third-order valence-electron chi connectivity index (χ3n) is 7.97. The van der Waals surface area contributed by atoms with Crippen LogP contribution in [-0.4, -0.2) is 15.3 Å². The molecule has 168 valence electrons. The van der Waals surface area contributed by atoms with E-state index in [1.165, 1.54) is 16.7 Å². The van der Waals surface area contributed by atoms with Crippen LogP contribution in [0.5, 0.6) is 17.2 Å². The average molecular weight is 431 g/mol. The number of rotatable bonds is 4. The highest BCUT2D eigenvalue weighted by Gasteiger charge is 2.43. The molecule has 1 aliphatic carbocycles. The number of phenolic OH excluding ortho intramolecular Hbond substituents is 3. The monoisotopic (exact) mass is 430 g/mol. The van der Waals surface area contributed by atoms with Crippen molar-refractivity contribution in [1.82, 2.24) is 0 Å². The molecule has 1 saturated carbocycles. The first kappa shape index (κ1) is 22.3. The fourth-order valence-corrected chi connectivity index (χ4v) is 5.61. The molecule has 1 fully saturated rings. The highest BCUT2D eigenvalue weighted by atomic mass is 16.3. The Morgan fingerprint density at radius 1 is 0.719 bits per heavy atom. The Morgan fingerprint density at radius 3 is 1.62 bits per heavy atom. The number of aryl methyl sites for hydroxylation is 2. The van der Waals surface area contributed by atoms with E-state index in [9.17, 15) is 15.3 Å². The molecule has 3 aromatic rings. The fraction of sp³-hybridized carbons (Fsp3) is 0.379. The van der Waals surface area contributed by atoms with Gasteiger partial charge in [0.15, 0.2) is 0 Å². The van der Waals surface area contributed by atoms with Crippen LogP contribution in [0.25, 0.3) is 0 Å². The number of benzene rings is 3. The van der Waals surface area contributed by atoms with Gasteiger partial charge in [-0.2, -0.15) is 0 Å². The summed E-state index contributed by atoms with van der Waals surface area (Å²) in [6.45, 7) is 8.53. The van der Waals surface area contributed by atoms with Gasteiger partial charge in [0.25, 0.3) is 0 Å². The van der Waals surface area contributed by atoms with Crippen molar-refractivity contribution in [3.8, 4) is 17.2 Å². The second kappa shape index (κ2) is 8.20. The highest BCUT2D eigenvalue weighted by Crippen LogP contribution is 2.51. The minimum absolute atomic E-state index is 0.00953. The average Bonchev–Trinajstić information content (AvgIpc) is 2.78. The molecule has 4 rings (SSSR count). The minimum Gasteiger partial charge on any atom is -0.508 e. The largest absolute Gasteiger partial charge is 0.508 e. The SMILES string of the molecule is Cc1cc(C2(c3ccc(O)c(C)c3)CCC(C(C)(C)c3ccc(O)cc3)CC2)ccc1O. The van der Waals surface area contributed by atoms with E-state index >= 15 is 0 Å². The predicted molar refractivity (Wildman–Crippen MR) is 130 cm³/mol. The van der Waals surface area contributed by atoms with Crippen LogP contribution in [0.4, 0.5) is 0 Å². The van der Waals surface area contributed by atoms with Crippen molar-refractivity contribution >= 4 is 0 Å². The maximum absolute atomic E-state index is 10.1. The lowest BCUT2D eigenvalue weighted by molar-refractivity contribution is 0.188. The van der Waals surface area contributed by atoms with Crippen molar-refractivity contribution in [2.75, 3.05) is 0 Å². The second-order valence-electron chi connectivity index (χ2n) is 10.1. The molecule has 3 heteroatoms. The zero-order valence-corrected chi connectivity index (χ0v) is 19.5. The van der Waals surface area contributed by atoms with Crippen LogP contribution in [0.2, 0.25) is 0 Å². The Kier molecular flexibility index (Phi) is 5.70. The maximum atomic E-state index is 10.1. The van der Waals surface area contributed by atoms with Crippen molar-refractivity contribution in [2.45, 2.75) is 64.2 Å². The molecule has 0 amide bonds. The van der Waals surface area contributed by atoms with Crippen molar-refractivity contribution in [2.24, 2.45) is 5.92 Å². The van der Waals surface area contributed by atoms with Crippen LogP contribution < -0.4 is 0 Å². The van der Waals surface area contributed by atoms with Gasteiger partial charge in [-0.3, -0.25) is 0 Å². The summed E-state index contributed by atoms with van der Waals surface area (Å²) < 4.78 is 0. The molecule has 0 aromatic heterocycles. The van der Waals surface area contributed by atoms with Crippen LogP contribution in [0.1, 0.15) is 67.3 Å². The molecule has 32 heavy (non-hydrogen) atoms. The molecule has 3 N–H and O–H groups in total. The molecule has 0 spiro atoms. The van der Waals surface area contributed by atoms with E-state index in [1.54, 1.807) is 12.1 Å². The molecule has 0 unspecified atom stereocenters. The van der Waals surface area contributed by atoms with Gasteiger partial charge in [0.1, 0.15) is 17.2 Å². The Bertz CT molecular complexity index is 1050. The van der Waals surface area contributed by atoms with Gasteiger partial charge in [0, 0.05) is 5.41 Å². The molecular formula is C29H34O3. The summed E-state index contributed by atoms with van der Waals surface area (Å²) in [5.41, 5.74) is 5.38. The summed E-state index contributed by atoms with van der Waals surface area (Å²) in [6, 6.07) is 19.7. The zero-order chi connectivity index (χ0) is 23.1. The molecule has 3 aromatic carbocycles. The lowest BCUT2D eigenvalue weighted by atomic mass is 9.58. The van der Waals surface area contributed by atoms with Gasteiger partial charge in [0.2, 0.25) is 0 Å².